The van der Waals surface area contributed by atoms with Crippen LogP contribution in [0.25, 0.3) is 0 Å². The van der Waals surface area contributed by atoms with Crippen molar-refractivity contribution in [2.24, 2.45) is 0 Å². The monoisotopic (exact) mass is 359 g/mol. The molecule has 0 aliphatic rings. The van der Waals surface area contributed by atoms with Gasteiger partial charge in [0, 0.05) is 6.54 Å². The average molecular weight is 359 g/mol. The zero-order valence-electron chi connectivity index (χ0n) is 15.3. The molecule has 0 fully saturated rings. The zero-order chi connectivity index (χ0) is 18.8. The smallest absolute Gasteiger partial charge is 0.261 e. The fraction of sp³-hybridized carbons (Fsp3) is 0.381. The SMILES string of the molecule is CCOc1ccc(CCCNC(=O)C(CC)Oc2ccc(F)cc2)cc1. The van der Waals surface area contributed by atoms with Gasteiger partial charge < -0.3 is 14.8 Å². The molecule has 2 aromatic rings. The third kappa shape index (κ3) is 6.39. The van der Waals surface area contributed by atoms with Gasteiger partial charge in [0.25, 0.3) is 5.91 Å². The number of nitrogens with one attached hydrogen (secondary N) is 1. The highest BCUT2D eigenvalue weighted by molar-refractivity contribution is 5.81. The summed E-state index contributed by atoms with van der Waals surface area (Å²) in [6.07, 6.45) is 1.68. The molecule has 0 heterocycles. The largest absolute Gasteiger partial charge is 0.494 e. The lowest BCUT2D eigenvalue weighted by Crippen LogP contribution is -2.38. The maximum Gasteiger partial charge on any atom is 0.261 e. The molecule has 1 N–H and O–H groups in total. The Balaban J connectivity index is 1.73. The zero-order valence-corrected chi connectivity index (χ0v) is 15.3. The quantitative estimate of drug-likeness (QED) is 0.649. The number of halogens is 1. The van der Waals surface area contributed by atoms with Crippen molar-refractivity contribution in [2.75, 3.05) is 13.2 Å². The number of hydrogen-bond donors (Lipinski definition) is 1. The molecule has 1 unspecified atom stereocenters. The lowest BCUT2D eigenvalue weighted by atomic mass is 10.1. The van der Waals surface area contributed by atoms with Crippen LogP contribution in [0.5, 0.6) is 11.5 Å². The normalized spacial score (nSPS) is 11.7. The summed E-state index contributed by atoms with van der Waals surface area (Å²) in [5, 5.41) is 2.90. The van der Waals surface area contributed by atoms with Crippen LogP contribution in [0.15, 0.2) is 48.5 Å². The average Bonchev–Trinajstić information content (AvgIpc) is 2.66. The van der Waals surface area contributed by atoms with Crippen LogP contribution in [0.4, 0.5) is 4.39 Å². The predicted octanol–water partition coefficient (Wildman–Crippen LogP) is 4.13. The highest BCUT2D eigenvalue weighted by atomic mass is 19.1. The summed E-state index contributed by atoms with van der Waals surface area (Å²) < 4.78 is 24.0. The molecule has 26 heavy (non-hydrogen) atoms. The maximum absolute atomic E-state index is 12.9. The second-order valence-corrected chi connectivity index (χ2v) is 5.94. The molecule has 2 rings (SSSR count). The molecular weight excluding hydrogens is 333 g/mol. The molecule has 0 bridgehead atoms. The van der Waals surface area contributed by atoms with Gasteiger partial charge in [-0.05, 0) is 68.1 Å². The number of aryl methyl sites for hydroxylation is 1. The molecule has 5 heteroatoms. The van der Waals surface area contributed by atoms with Gasteiger partial charge in [0.1, 0.15) is 17.3 Å². The molecule has 2 aromatic carbocycles. The van der Waals surface area contributed by atoms with E-state index in [1.165, 1.54) is 29.8 Å². The first-order chi connectivity index (χ1) is 12.6. The lowest BCUT2D eigenvalue weighted by molar-refractivity contribution is -0.128. The Bertz CT molecular complexity index is 671. The number of ether oxygens (including phenoxy) is 2. The van der Waals surface area contributed by atoms with E-state index in [-0.39, 0.29) is 11.7 Å². The maximum atomic E-state index is 12.9. The first-order valence-corrected chi connectivity index (χ1v) is 9.04. The van der Waals surface area contributed by atoms with E-state index >= 15 is 0 Å². The molecule has 0 spiro atoms. The van der Waals surface area contributed by atoms with Crippen LogP contribution >= 0.6 is 0 Å². The predicted molar refractivity (Wildman–Crippen MR) is 100 cm³/mol. The molecule has 0 aliphatic heterocycles. The fourth-order valence-corrected chi connectivity index (χ4v) is 2.54. The van der Waals surface area contributed by atoms with Crippen LogP contribution in [-0.4, -0.2) is 25.2 Å². The molecule has 0 saturated carbocycles. The van der Waals surface area contributed by atoms with Gasteiger partial charge in [-0.15, -0.1) is 0 Å². The third-order valence-corrected chi connectivity index (χ3v) is 3.93. The summed E-state index contributed by atoms with van der Waals surface area (Å²) in [7, 11) is 0. The van der Waals surface area contributed by atoms with Crippen LogP contribution in [-0.2, 0) is 11.2 Å². The molecule has 0 radical (unpaired) electrons. The molecule has 1 atom stereocenters. The number of hydrogen-bond acceptors (Lipinski definition) is 3. The van der Waals surface area contributed by atoms with Crippen molar-refractivity contribution in [3.8, 4) is 11.5 Å². The summed E-state index contributed by atoms with van der Waals surface area (Å²) in [6, 6.07) is 13.7. The van der Waals surface area contributed by atoms with E-state index in [0.29, 0.717) is 25.3 Å². The van der Waals surface area contributed by atoms with Gasteiger partial charge in [-0.1, -0.05) is 19.1 Å². The molecule has 4 nitrogen and oxygen atoms in total. The van der Waals surface area contributed by atoms with Crippen LogP contribution in [0, 0.1) is 5.82 Å². The van der Waals surface area contributed by atoms with E-state index in [1.54, 1.807) is 0 Å². The van der Waals surface area contributed by atoms with Crippen molar-refractivity contribution in [3.05, 3.63) is 59.9 Å². The second kappa shape index (κ2) is 10.4. The number of benzene rings is 2. The first-order valence-electron chi connectivity index (χ1n) is 9.04. The highest BCUT2D eigenvalue weighted by Gasteiger charge is 2.17. The molecule has 0 aromatic heterocycles. The summed E-state index contributed by atoms with van der Waals surface area (Å²) >= 11 is 0. The molecule has 0 aliphatic carbocycles. The summed E-state index contributed by atoms with van der Waals surface area (Å²) in [6.45, 7) is 5.08. The minimum absolute atomic E-state index is 0.150. The van der Waals surface area contributed by atoms with Crippen LogP contribution in [0.3, 0.4) is 0 Å². The minimum atomic E-state index is -0.578. The van der Waals surface area contributed by atoms with E-state index in [9.17, 15) is 9.18 Å². The van der Waals surface area contributed by atoms with Crippen molar-refractivity contribution in [1.29, 1.82) is 0 Å². The molecular formula is C21H26FNO3. The lowest BCUT2D eigenvalue weighted by Gasteiger charge is -2.17. The van der Waals surface area contributed by atoms with Gasteiger partial charge in [0.15, 0.2) is 6.10 Å². The Hall–Kier alpha value is -2.56. The molecule has 140 valence electrons. The van der Waals surface area contributed by atoms with Crippen LogP contribution in [0.1, 0.15) is 32.3 Å². The second-order valence-electron chi connectivity index (χ2n) is 5.94. The standard InChI is InChI=1S/C21H26FNO3/c1-3-20(26-19-13-9-17(22)10-14-19)21(24)23-15-5-6-16-7-11-18(12-8-16)25-4-2/h7-14,20H,3-6,15H2,1-2H3,(H,23,24). The van der Waals surface area contributed by atoms with E-state index < -0.39 is 6.10 Å². The van der Waals surface area contributed by atoms with Crippen molar-refractivity contribution in [1.82, 2.24) is 5.32 Å². The van der Waals surface area contributed by atoms with Gasteiger partial charge in [-0.2, -0.15) is 0 Å². The van der Waals surface area contributed by atoms with Crippen molar-refractivity contribution >= 4 is 5.91 Å². The number of rotatable bonds is 10. The van der Waals surface area contributed by atoms with Gasteiger partial charge >= 0.3 is 0 Å². The Morgan fingerprint density at radius 1 is 1.04 bits per heavy atom. The minimum Gasteiger partial charge on any atom is -0.494 e. The van der Waals surface area contributed by atoms with E-state index in [4.69, 9.17) is 9.47 Å². The summed E-state index contributed by atoms with van der Waals surface area (Å²) in [5.41, 5.74) is 1.21. The van der Waals surface area contributed by atoms with Crippen molar-refractivity contribution in [3.63, 3.8) is 0 Å². The summed E-state index contributed by atoms with van der Waals surface area (Å²) in [5.74, 6) is 0.878. The van der Waals surface area contributed by atoms with E-state index in [0.717, 1.165) is 18.6 Å². The van der Waals surface area contributed by atoms with E-state index in [2.05, 4.69) is 5.32 Å². The topological polar surface area (TPSA) is 47.6 Å². The number of amides is 1. The van der Waals surface area contributed by atoms with Gasteiger partial charge in [-0.25, -0.2) is 4.39 Å². The fourth-order valence-electron chi connectivity index (χ4n) is 2.54. The number of carbonyl (C=O) groups is 1. The van der Waals surface area contributed by atoms with Gasteiger partial charge in [-0.3, -0.25) is 4.79 Å². The molecule has 1 amide bonds. The van der Waals surface area contributed by atoms with Gasteiger partial charge in [0.05, 0.1) is 6.61 Å². The summed E-state index contributed by atoms with van der Waals surface area (Å²) in [4.78, 5) is 12.2. The first kappa shape index (κ1) is 19.8. The Morgan fingerprint density at radius 2 is 1.69 bits per heavy atom. The highest BCUT2D eigenvalue weighted by Crippen LogP contribution is 2.15. The van der Waals surface area contributed by atoms with Crippen molar-refractivity contribution < 1.29 is 18.7 Å². The Morgan fingerprint density at radius 3 is 2.31 bits per heavy atom. The molecule has 0 saturated heterocycles. The van der Waals surface area contributed by atoms with E-state index in [1.807, 2.05) is 38.1 Å². The van der Waals surface area contributed by atoms with Crippen LogP contribution in [0.2, 0.25) is 0 Å². The Kier molecular flexibility index (Phi) is 7.93. The third-order valence-electron chi connectivity index (χ3n) is 3.93. The van der Waals surface area contributed by atoms with Crippen LogP contribution < -0.4 is 14.8 Å². The Labute approximate surface area is 154 Å². The van der Waals surface area contributed by atoms with Gasteiger partial charge in [0.2, 0.25) is 0 Å². The number of carbonyl (C=O) groups excluding carboxylic acids is 1. The van der Waals surface area contributed by atoms with Crippen molar-refractivity contribution in [2.45, 2.75) is 39.2 Å².